The largest absolute Gasteiger partial charge is 0.496 e. The minimum absolute atomic E-state index is 0.0433. The lowest BCUT2D eigenvalue weighted by molar-refractivity contribution is -0.139. The first-order valence-electron chi connectivity index (χ1n) is 5.95. The smallest absolute Gasteiger partial charge is 0.339 e. The van der Waals surface area contributed by atoms with E-state index in [4.69, 9.17) is 9.84 Å². The molecule has 0 amide bonds. The van der Waals surface area contributed by atoms with Crippen LogP contribution in [0.1, 0.15) is 16.8 Å². The number of rotatable bonds is 5. The normalized spacial score (nSPS) is 18.3. The second-order valence-electron chi connectivity index (χ2n) is 4.30. The monoisotopic (exact) mass is 315 g/mol. The third-order valence-corrected chi connectivity index (χ3v) is 4.41. The van der Waals surface area contributed by atoms with E-state index in [1.165, 1.54) is 19.2 Å². The van der Waals surface area contributed by atoms with Crippen LogP contribution in [0.5, 0.6) is 5.75 Å². The molecule has 0 saturated carbocycles. The molecular weight excluding hydrogens is 302 g/mol. The number of sulfonamides is 1. The summed E-state index contributed by atoms with van der Waals surface area (Å²) in [6.45, 7) is 0.148. The van der Waals surface area contributed by atoms with E-state index < -0.39 is 28.0 Å². The second kappa shape index (κ2) is 5.70. The standard InChI is InChI=1S/C12H13NO7S/c1-19-10-3-2-7(6-8(10)11(14)15)21(17,18)13-9-4-5-20-12(9)16/h2-3,6,9,13H,4-5H2,1H3,(H,14,15). The first kappa shape index (κ1) is 15.3. The molecule has 1 aliphatic rings. The van der Waals surface area contributed by atoms with Gasteiger partial charge in [-0.15, -0.1) is 0 Å². The van der Waals surface area contributed by atoms with Gasteiger partial charge in [0.25, 0.3) is 0 Å². The lowest BCUT2D eigenvalue weighted by Crippen LogP contribution is -2.37. The molecule has 0 spiro atoms. The highest BCUT2D eigenvalue weighted by molar-refractivity contribution is 7.89. The van der Waals surface area contributed by atoms with E-state index in [0.717, 1.165) is 6.07 Å². The molecule has 8 nitrogen and oxygen atoms in total. The number of methoxy groups -OCH3 is 1. The highest BCUT2D eigenvalue weighted by atomic mass is 32.2. The van der Waals surface area contributed by atoms with Crippen molar-refractivity contribution >= 4 is 22.0 Å². The first-order valence-corrected chi connectivity index (χ1v) is 7.44. The summed E-state index contributed by atoms with van der Waals surface area (Å²) in [6.07, 6.45) is 0.236. The van der Waals surface area contributed by atoms with Crippen molar-refractivity contribution in [2.24, 2.45) is 0 Å². The summed E-state index contributed by atoms with van der Waals surface area (Å²) in [6, 6.07) is 2.47. The maximum absolute atomic E-state index is 12.2. The van der Waals surface area contributed by atoms with Crippen molar-refractivity contribution in [3.8, 4) is 5.75 Å². The molecule has 2 N–H and O–H groups in total. The van der Waals surface area contributed by atoms with Gasteiger partial charge in [0.15, 0.2) is 0 Å². The maximum atomic E-state index is 12.2. The van der Waals surface area contributed by atoms with Gasteiger partial charge in [0.1, 0.15) is 17.4 Å². The molecule has 1 aliphatic heterocycles. The van der Waals surface area contributed by atoms with E-state index in [0.29, 0.717) is 0 Å². The number of carboxylic acid groups (broad SMARTS) is 1. The van der Waals surface area contributed by atoms with Crippen LogP contribution in [-0.4, -0.2) is 45.2 Å². The van der Waals surface area contributed by atoms with Crippen molar-refractivity contribution in [2.45, 2.75) is 17.4 Å². The molecule has 1 aromatic rings. The number of carboxylic acids is 1. The van der Waals surface area contributed by atoms with Gasteiger partial charge in [0.05, 0.1) is 18.6 Å². The highest BCUT2D eigenvalue weighted by Crippen LogP contribution is 2.23. The van der Waals surface area contributed by atoms with Crippen LogP contribution in [0.3, 0.4) is 0 Å². The topological polar surface area (TPSA) is 119 Å². The van der Waals surface area contributed by atoms with Crippen molar-refractivity contribution < 1.29 is 32.6 Å². The fourth-order valence-corrected chi connectivity index (χ4v) is 3.12. The average Bonchev–Trinajstić information content (AvgIpc) is 2.82. The molecule has 9 heteroatoms. The molecule has 1 unspecified atom stereocenters. The van der Waals surface area contributed by atoms with Crippen LogP contribution in [0.2, 0.25) is 0 Å². The summed E-state index contributed by atoms with van der Waals surface area (Å²) in [5, 5.41) is 9.04. The SMILES string of the molecule is COc1ccc(S(=O)(=O)NC2CCOC2=O)cc1C(=O)O. The van der Waals surface area contributed by atoms with E-state index in [1.807, 2.05) is 0 Å². The number of ether oxygens (including phenoxy) is 2. The zero-order valence-corrected chi connectivity index (χ0v) is 11.8. The average molecular weight is 315 g/mol. The third-order valence-electron chi connectivity index (χ3n) is 2.94. The summed E-state index contributed by atoms with van der Waals surface area (Å²) in [5.41, 5.74) is -0.283. The lowest BCUT2D eigenvalue weighted by Gasteiger charge is -2.11. The number of nitrogens with one attached hydrogen (secondary N) is 1. The Morgan fingerprint density at radius 2 is 2.19 bits per heavy atom. The zero-order valence-electron chi connectivity index (χ0n) is 11.0. The van der Waals surface area contributed by atoms with Gasteiger partial charge in [0.2, 0.25) is 10.0 Å². The number of esters is 1. The Labute approximate surface area is 120 Å². The molecule has 21 heavy (non-hydrogen) atoms. The molecule has 0 radical (unpaired) electrons. The number of hydrogen-bond acceptors (Lipinski definition) is 6. The van der Waals surface area contributed by atoms with Crippen molar-refractivity contribution in [3.05, 3.63) is 23.8 Å². The molecule has 114 valence electrons. The predicted molar refractivity (Wildman–Crippen MR) is 69.6 cm³/mol. The van der Waals surface area contributed by atoms with Crippen LogP contribution in [-0.2, 0) is 19.6 Å². The first-order chi connectivity index (χ1) is 9.85. The summed E-state index contributed by atoms with van der Waals surface area (Å²) >= 11 is 0. The van der Waals surface area contributed by atoms with E-state index in [2.05, 4.69) is 9.46 Å². The predicted octanol–water partition coefficient (Wildman–Crippen LogP) is -0.0128. The fourth-order valence-electron chi connectivity index (χ4n) is 1.88. The van der Waals surface area contributed by atoms with Gasteiger partial charge < -0.3 is 14.6 Å². The molecule has 1 fully saturated rings. The van der Waals surface area contributed by atoms with E-state index in [1.54, 1.807) is 0 Å². The maximum Gasteiger partial charge on any atom is 0.339 e. The minimum Gasteiger partial charge on any atom is -0.496 e. The molecule has 0 aromatic heterocycles. The minimum atomic E-state index is -4.03. The lowest BCUT2D eigenvalue weighted by atomic mass is 10.2. The van der Waals surface area contributed by atoms with Crippen LogP contribution in [0, 0.1) is 0 Å². The Hall–Kier alpha value is -2.13. The summed E-state index contributed by atoms with van der Waals surface area (Å²) in [5.74, 6) is -1.92. The number of carbonyl (C=O) groups is 2. The Bertz CT molecular complexity index is 683. The van der Waals surface area contributed by atoms with Crippen molar-refractivity contribution in [1.82, 2.24) is 4.72 Å². The van der Waals surface area contributed by atoms with Crippen LogP contribution >= 0.6 is 0 Å². The van der Waals surface area contributed by atoms with Crippen LogP contribution in [0.4, 0.5) is 0 Å². The molecule has 1 saturated heterocycles. The van der Waals surface area contributed by atoms with Gasteiger partial charge in [-0.05, 0) is 18.2 Å². The number of cyclic esters (lactones) is 1. The molecular formula is C12H13NO7S. The number of carbonyl (C=O) groups excluding carboxylic acids is 1. The number of aromatic carboxylic acids is 1. The Kier molecular flexibility index (Phi) is 4.14. The molecule has 1 aromatic carbocycles. The summed E-state index contributed by atoms with van der Waals surface area (Å²) in [4.78, 5) is 22.1. The third kappa shape index (κ3) is 3.14. The molecule has 0 aliphatic carbocycles. The van der Waals surface area contributed by atoms with E-state index >= 15 is 0 Å². The van der Waals surface area contributed by atoms with E-state index in [9.17, 15) is 18.0 Å². The number of benzene rings is 1. The van der Waals surface area contributed by atoms with Gasteiger partial charge in [0, 0.05) is 6.42 Å². The molecule has 2 rings (SSSR count). The van der Waals surface area contributed by atoms with Gasteiger partial charge in [-0.2, -0.15) is 4.72 Å². The van der Waals surface area contributed by atoms with Crippen LogP contribution < -0.4 is 9.46 Å². The van der Waals surface area contributed by atoms with Gasteiger partial charge >= 0.3 is 11.9 Å². The molecule has 1 atom stereocenters. The van der Waals surface area contributed by atoms with Crippen LogP contribution in [0.25, 0.3) is 0 Å². The Morgan fingerprint density at radius 3 is 2.71 bits per heavy atom. The van der Waals surface area contributed by atoms with E-state index in [-0.39, 0.29) is 29.2 Å². The summed E-state index contributed by atoms with van der Waals surface area (Å²) < 4.78 is 36.0. The van der Waals surface area contributed by atoms with Gasteiger partial charge in [-0.3, -0.25) is 4.79 Å². The number of hydrogen-bond donors (Lipinski definition) is 2. The van der Waals surface area contributed by atoms with Crippen molar-refractivity contribution in [2.75, 3.05) is 13.7 Å². The summed E-state index contributed by atoms with van der Waals surface area (Å²) in [7, 11) is -2.75. The highest BCUT2D eigenvalue weighted by Gasteiger charge is 2.31. The van der Waals surface area contributed by atoms with Gasteiger partial charge in [-0.1, -0.05) is 0 Å². The Morgan fingerprint density at radius 1 is 1.48 bits per heavy atom. The van der Waals surface area contributed by atoms with Crippen molar-refractivity contribution in [1.29, 1.82) is 0 Å². The second-order valence-corrected chi connectivity index (χ2v) is 6.01. The van der Waals surface area contributed by atoms with Crippen molar-refractivity contribution in [3.63, 3.8) is 0 Å². The molecule has 1 heterocycles. The Balaban J connectivity index is 2.34. The fraction of sp³-hybridized carbons (Fsp3) is 0.333. The zero-order chi connectivity index (χ0) is 15.6. The molecule has 0 bridgehead atoms. The van der Waals surface area contributed by atoms with Gasteiger partial charge in [-0.25, -0.2) is 13.2 Å². The van der Waals surface area contributed by atoms with Crippen LogP contribution in [0.15, 0.2) is 23.1 Å². The quantitative estimate of drug-likeness (QED) is 0.733.